The molecule has 4 nitrogen and oxygen atoms in total. The molecule has 0 aliphatic carbocycles. The van der Waals surface area contributed by atoms with Gasteiger partial charge < -0.3 is 10.1 Å². The van der Waals surface area contributed by atoms with Gasteiger partial charge >= 0.3 is 0 Å². The molecule has 0 aromatic heterocycles. The minimum atomic E-state index is -0.583. The van der Waals surface area contributed by atoms with E-state index < -0.39 is 5.82 Å². The van der Waals surface area contributed by atoms with Crippen LogP contribution in [0.2, 0.25) is 0 Å². The number of hydrogen-bond acceptors (Lipinski definition) is 3. The first-order valence-corrected chi connectivity index (χ1v) is 6.30. The lowest BCUT2D eigenvalue weighted by Gasteiger charge is -2.09. The van der Waals surface area contributed by atoms with Crippen molar-refractivity contribution in [1.29, 1.82) is 5.26 Å². The SMILES string of the molecule is N#Cc1cc(NC(=O)CCC2CCCO2)ccc1F. The van der Waals surface area contributed by atoms with Crippen LogP contribution in [0, 0.1) is 17.1 Å². The number of nitrogens with zero attached hydrogens (tertiary/aromatic N) is 1. The quantitative estimate of drug-likeness (QED) is 0.907. The second-order valence-electron chi connectivity index (χ2n) is 4.53. The maximum atomic E-state index is 13.1. The van der Waals surface area contributed by atoms with Gasteiger partial charge in [0.15, 0.2) is 0 Å². The van der Waals surface area contributed by atoms with Gasteiger partial charge in [0.25, 0.3) is 0 Å². The second-order valence-corrected chi connectivity index (χ2v) is 4.53. The Labute approximate surface area is 111 Å². The molecule has 5 heteroatoms. The smallest absolute Gasteiger partial charge is 0.224 e. The number of halogens is 1. The van der Waals surface area contributed by atoms with Crippen molar-refractivity contribution >= 4 is 11.6 Å². The molecule has 1 aromatic carbocycles. The summed E-state index contributed by atoms with van der Waals surface area (Å²) in [4.78, 5) is 11.7. The molecule has 1 atom stereocenters. The first-order chi connectivity index (χ1) is 9.19. The summed E-state index contributed by atoms with van der Waals surface area (Å²) >= 11 is 0. The van der Waals surface area contributed by atoms with E-state index in [4.69, 9.17) is 10.00 Å². The molecule has 0 bridgehead atoms. The normalized spacial score (nSPS) is 18.0. The lowest BCUT2D eigenvalue weighted by atomic mass is 10.1. The van der Waals surface area contributed by atoms with Gasteiger partial charge in [0, 0.05) is 18.7 Å². The standard InChI is InChI=1S/C14H15FN2O2/c15-13-5-3-11(8-10(13)9-16)17-14(18)6-4-12-2-1-7-19-12/h3,5,8,12H,1-2,4,6-7H2,(H,17,18). The Hall–Kier alpha value is -1.93. The van der Waals surface area contributed by atoms with E-state index >= 15 is 0 Å². The largest absolute Gasteiger partial charge is 0.378 e. The number of anilines is 1. The minimum Gasteiger partial charge on any atom is -0.378 e. The molecule has 100 valence electrons. The summed E-state index contributed by atoms with van der Waals surface area (Å²) in [7, 11) is 0. The van der Waals surface area contributed by atoms with Crippen molar-refractivity contribution in [2.45, 2.75) is 31.8 Å². The molecular weight excluding hydrogens is 247 g/mol. The van der Waals surface area contributed by atoms with Crippen LogP contribution in [0.5, 0.6) is 0 Å². The Morgan fingerprint density at radius 3 is 3.11 bits per heavy atom. The van der Waals surface area contributed by atoms with Crippen LogP contribution >= 0.6 is 0 Å². The number of hydrogen-bond donors (Lipinski definition) is 1. The lowest BCUT2D eigenvalue weighted by molar-refractivity contribution is -0.116. The van der Waals surface area contributed by atoms with E-state index in [-0.39, 0.29) is 17.6 Å². The number of ether oxygens (including phenoxy) is 1. The highest BCUT2D eigenvalue weighted by Gasteiger charge is 2.16. The first-order valence-electron chi connectivity index (χ1n) is 6.30. The van der Waals surface area contributed by atoms with Crippen molar-refractivity contribution in [2.75, 3.05) is 11.9 Å². The highest BCUT2D eigenvalue weighted by Crippen LogP contribution is 2.18. The molecule has 1 heterocycles. The van der Waals surface area contributed by atoms with Crippen LogP contribution in [0.1, 0.15) is 31.2 Å². The average molecular weight is 262 g/mol. The summed E-state index contributed by atoms with van der Waals surface area (Å²) in [5.74, 6) is -0.731. The predicted molar refractivity (Wildman–Crippen MR) is 68.0 cm³/mol. The fourth-order valence-electron chi connectivity index (χ4n) is 2.08. The fourth-order valence-corrected chi connectivity index (χ4v) is 2.08. The molecule has 1 aliphatic heterocycles. The maximum absolute atomic E-state index is 13.1. The van der Waals surface area contributed by atoms with Gasteiger partial charge in [-0.05, 0) is 37.5 Å². The summed E-state index contributed by atoms with van der Waals surface area (Å²) in [6, 6.07) is 5.69. The van der Waals surface area contributed by atoms with Crippen molar-refractivity contribution < 1.29 is 13.9 Å². The Morgan fingerprint density at radius 1 is 1.58 bits per heavy atom. The molecule has 0 radical (unpaired) electrons. The topological polar surface area (TPSA) is 62.1 Å². The average Bonchev–Trinajstić information content (AvgIpc) is 2.92. The van der Waals surface area contributed by atoms with Crippen molar-refractivity contribution in [3.05, 3.63) is 29.6 Å². The number of carbonyl (C=O) groups is 1. The summed E-state index contributed by atoms with van der Waals surface area (Å²) < 4.78 is 18.5. The van der Waals surface area contributed by atoms with Gasteiger partial charge in [0.2, 0.25) is 5.91 Å². The molecule has 1 saturated heterocycles. The maximum Gasteiger partial charge on any atom is 0.224 e. The van der Waals surface area contributed by atoms with E-state index in [2.05, 4.69) is 5.32 Å². The van der Waals surface area contributed by atoms with Crippen molar-refractivity contribution in [3.8, 4) is 6.07 Å². The van der Waals surface area contributed by atoms with Crippen LogP contribution in [-0.2, 0) is 9.53 Å². The predicted octanol–water partition coefficient (Wildman–Crippen LogP) is 2.60. The van der Waals surface area contributed by atoms with Crippen LogP contribution in [0.3, 0.4) is 0 Å². The zero-order valence-corrected chi connectivity index (χ0v) is 10.5. The summed E-state index contributed by atoms with van der Waals surface area (Å²) in [5, 5.41) is 11.4. The Kier molecular flexibility index (Phi) is 4.48. The molecule has 1 fully saturated rings. The second kappa shape index (κ2) is 6.30. The summed E-state index contributed by atoms with van der Waals surface area (Å²) in [6.07, 6.45) is 3.29. The monoisotopic (exact) mass is 262 g/mol. The molecular formula is C14H15FN2O2. The van der Waals surface area contributed by atoms with E-state index in [0.717, 1.165) is 19.4 Å². The van der Waals surface area contributed by atoms with Crippen LogP contribution < -0.4 is 5.32 Å². The number of nitrogens with one attached hydrogen (secondary N) is 1. The fraction of sp³-hybridized carbons (Fsp3) is 0.429. The van der Waals surface area contributed by atoms with Gasteiger partial charge in [-0.1, -0.05) is 0 Å². The molecule has 1 aromatic rings. The van der Waals surface area contributed by atoms with Gasteiger partial charge in [-0.2, -0.15) is 5.26 Å². The van der Waals surface area contributed by atoms with Gasteiger partial charge in [-0.3, -0.25) is 4.79 Å². The Morgan fingerprint density at radius 2 is 2.42 bits per heavy atom. The van der Waals surface area contributed by atoms with E-state index in [1.807, 2.05) is 0 Å². The van der Waals surface area contributed by atoms with Crippen LogP contribution in [0.4, 0.5) is 10.1 Å². The molecule has 1 aliphatic rings. The molecule has 19 heavy (non-hydrogen) atoms. The van der Waals surface area contributed by atoms with E-state index in [1.165, 1.54) is 18.2 Å². The minimum absolute atomic E-state index is 0.0723. The zero-order valence-electron chi connectivity index (χ0n) is 10.5. The number of amides is 1. The van der Waals surface area contributed by atoms with Gasteiger partial charge in [-0.15, -0.1) is 0 Å². The van der Waals surface area contributed by atoms with Crippen molar-refractivity contribution in [2.24, 2.45) is 0 Å². The van der Waals surface area contributed by atoms with Crippen molar-refractivity contribution in [1.82, 2.24) is 0 Å². The van der Waals surface area contributed by atoms with Gasteiger partial charge in [0.1, 0.15) is 11.9 Å². The highest BCUT2D eigenvalue weighted by molar-refractivity contribution is 5.90. The number of carbonyl (C=O) groups excluding carboxylic acids is 1. The first kappa shape index (κ1) is 13.5. The Bertz CT molecular complexity index is 505. The molecule has 0 saturated carbocycles. The van der Waals surface area contributed by atoms with E-state index in [1.54, 1.807) is 6.07 Å². The summed E-state index contributed by atoms with van der Waals surface area (Å²) in [6.45, 7) is 0.774. The number of rotatable bonds is 4. The third-order valence-corrected chi connectivity index (χ3v) is 3.09. The molecule has 1 N–H and O–H groups in total. The van der Waals surface area contributed by atoms with Crippen LogP contribution in [-0.4, -0.2) is 18.6 Å². The van der Waals surface area contributed by atoms with Gasteiger partial charge in [-0.25, -0.2) is 4.39 Å². The molecule has 1 unspecified atom stereocenters. The van der Waals surface area contributed by atoms with Crippen LogP contribution in [0.15, 0.2) is 18.2 Å². The van der Waals surface area contributed by atoms with Crippen molar-refractivity contribution in [3.63, 3.8) is 0 Å². The number of nitriles is 1. The molecule has 0 spiro atoms. The summed E-state index contributed by atoms with van der Waals surface area (Å²) in [5.41, 5.74) is 0.368. The molecule has 2 rings (SSSR count). The highest BCUT2D eigenvalue weighted by atomic mass is 19.1. The van der Waals surface area contributed by atoms with E-state index in [0.29, 0.717) is 18.5 Å². The Balaban J connectivity index is 1.86. The third-order valence-electron chi connectivity index (χ3n) is 3.09. The zero-order chi connectivity index (χ0) is 13.7. The van der Waals surface area contributed by atoms with E-state index in [9.17, 15) is 9.18 Å². The molecule has 1 amide bonds. The van der Waals surface area contributed by atoms with Gasteiger partial charge in [0.05, 0.1) is 11.7 Å². The lowest BCUT2D eigenvalue weighted by Crippen LogP contribution is -2.15. The number of benzene rings is 1. The third kappa shape index (κ3) is 3.76. The van der Waals surface area contributed by atoms with Crippen LogP contribution in [0.25, 0.3) is 0 Å².